The molecule has 0 aliphatic carbocycles. The largest absolute Gasteiger partial charge is 0.347 e. The van der Waals surface area contributed by atoms with Crippen molar-refractivity contribution < 1.29 is 19.6 Å². The second kappa shape index (κ2) is 9.02. The normalized spacial score (nSPS) is 14.2. The number of amides is 3. The van der Waals surface area contributed by atoms with Crippen molar-refractivity contribution in [3.8, 4) is 0 Å². The van der Waals surface area contributed by atoms with Crippen molar-refractivity contribution >= 4 is 17.7 Å². The van der Waals surface area contributed by atoms with Crippen LogP contribution in [0.3, 0.4) is 0 Å². The van der Waals surface area contributed by atoms with Crippen molar-refractivity contribution in [1.82, 2.24) is 15.7 Å². The van der Waals surface area contributed by atoms with Crippen molar-refractivity contribution in [3.63, 3.8) is 0 Å². The summed E-state index contributed by atoms with van der Waals surface area (Å²) < 4.78 is 0. The molecule has 1 aromatic rings. The number of hydrogen-bond donors (Lipinski definition) is 3. The standard InChI is InChI=1S/C17H25N3O4/c1-11(12(2)16(22)19-24)15(21)18-14(17(23)20(3)4)10-13-8-6-5-7-9-13/h5-9,11-12,14,24H,10H2,1-4H3,(H,18,21)(H,19,22). The van der Waals surface area contributed by atoms with Gasteiger partial charge in [0, 0.05) is 32.4 Å². The van der Waals surface area contributed by atoms with Gasteiger partial charge in [0.25, 0.3) is 0 Å². The minimum Gasteiger partial charge on any atom is -0.347 e. The van der Waals surface area contributed by atoms with Gasteiger partial charge < -0.3 is 10.2 Å². The Balaban J connectivity index is 2.86. The van der Waals surface area contributed by atoms with Gasteiger partial charge in [-0.05, 0) is 5.56 Å². The number of carbonyl (C=O) groups excluding carboxylic acids is 3. The van der Waals surface area contributed by atoms with Gasteiger partial charge in [0.1, 0.15) is 6.04 Å². The number of rotatable bonds is 7. The SMILES string of the molecule is CC(C(=O)NO)C(C)C(=O)NC(Cc1ccccc1)C(=O)N(C)C. The molecular formula is C17H25N3O4. The fourth-order valence-electron chi connectivity index (χ4n) is 2.22. The van der Waals surface area contributed by atoms with E-state index in [1.54, 1.807) is 26.5 Å². The maximum atomic E-state index is 12.4. The minimum absolute atomic E-state index is 0.223. The molecule has 0 saturated heterocycles. The highest BCUT2D eigenvalue weighted by Gasteiger charge is 2.30. The van der Waals surface area contributed by atoms with Crippen LogP contribution in [0.15, 0.2) is 30.3 Å². The lowest BCUT2D eigenvalue weighted by Gasteiger charge is -2.25. The third-order valence-corrected chi connectivity index (χ3v) is 4.03. The number of nitrogens with one attached hydrogen (secondary N) is 2. The van der Waals surface area contributed by atoms with Crippen molar-refractivity contribution in [2.24, 2.45) is 11.8 Å². The summed E-state index contributed by atoms with van der Waals surface area (Å²) in [5, 5.41) is 11.4. The molecule has 3 atom stereocenters. The van der Waals surface area contributed by atoms with Gasteiger partial charge in [0.05, 0.1) is 0 Å². The van der Waals surface area contributed by atoms with Crippen LogP contribution in [0.5, 0.6) is 0 Å². The van der Waals surface area contributed by atoms with Crippen molar-refractivity contribution in [2.75, 3.05) is 14.1 Å². The van der Waals surface area contributed by atoms with Gasteiger partial charge in [0.2, 0.25) is 17.7 Å². The molecule has 132 valence electrons. The number of carbonyl (C=O) groups is 3. The van der Waals surface area contributed by atoms with E-state index in [-0.39, 0.29) is 5.91 Å². The summed E-state index contributed by atoms with van der Waals surface area (Å²) in [5.41, 5.74) is 2.46. The molecule has 0 heterocycles. The van der Waals surface area contributed by atoms with Crippen molar-refractivity contribution in [2.45, 2.75) is 26.3 Å². The molecule has 0 spiro atoms. The fraction of sp³-hybridized carbons (Fsp3) is 0.471. The summed E-state index contributed by atoms with van der Waals surface area (Å²) in [5.74, 6) is -2.69. The smallest absolute Gasteiger partial charge is 0.246 e. The van der Waals surface area contributed by atoms with Crippen molar-refractivity contribution in [3.05, 3.63) is 35.9 Å². The zero-order valence-corrected chi connectivity index (χ0v) is 14.4. The van der Waals surface area contributed by atoms with Gasteiger partial charge in [-0.3, -0.25) is 19.6 Å². The van der Waals surface area contributed by atoms with Crippen LogP contribution >= 0.6 is 0 Å². The van der Waals surface area contributed by atoms with E-state index in [0.717, 1.165) is 5.56 Å². The third-order valence-electron chi connectivity index (χ3n) is 4.03. The molecule has 24 heavy (non-hydrogen) atoms. The van der Waals surface area contributed by atoms with E-state index in [1.807, 2.05) is 30.3 Å². The van der Waals surface area contributed by atoms with Crippen LogP contribution in [0.2, 0.25) is 0 Å². The lowest BCUT2D eigenvalue weighted by molar-refractivity contribution is -0.140. The van der Waals surface area contributed by atoms with E-state index < -0.39 is 29.7 Å². The summed E-state index contributed by atoms with van der Waals surface area (Å²) in [4.78, 5) is 37.6. The first kappa shape index (κ1) is 19.6. The molecule has 3 amide bonds. The first-order valence-electron chi connectivity index (χ1n) is 7.77. The molecule has 0 aromatic heterocycles. The lowest BCUT2D eigenvalue weighted by Crippen LogP contribution is -2.50. The minimum atomic E-state index is -0.721. The van der Waals surface area contributed by atoms with Gasteiger partial charge in [-0.1, -0.05) is 44.2 Å². The summed E-state index contributed by atoms with van der Waals surface area (Å²) >= 11 is 0. The Morgan fingerprint density at radius 2 is 1.58 bits per heavy atom. The second-order valence-electron chi connectivity index (χ2n) is 6.04. The second-order valence-corrected chi connectivity index (χ2v) is 6.04. The average Bonchev–Trinajstić information content (AvgIpc) is 2.59. The van der Waals surface area contributed by atoms with E-state index in [0.29, 0.717) is 6.42 Å². The molecule has 0 fully saturated rings. The quantitative estimate of drug-likeness (QED) is 0.501. The summed E-state index contributed by atoms with van der Waals surface area (Å²) in [6, 6.07) is 8.65. The van der Waals surface area contributed by atoms with Gasteiger partial charge >= 0.3 is 0 Å². The Bertz CT molecular complexity index is 574. The van der Waals surface area contributed by atoms with Crippen LogP contribution < -0.4 is 10.8 Å². The molecule has 3 unspecified atom stereocenters. The van der Waals surface area contributed by atoms with Crippen LogP contribution in [-0.2, 0) is 20.8 Å². The molecule has 7 nitrogen and oxygen atoms in total. The number of nitrogens with zero attached hydrogens (tertiary/aromatic N) is 1. The molecule has 0 bridgehead atoms. The van der Waals surface area contributed by atoms with Crippen LogP contribution in [-0.4, -0.2) is 48.0 Å². The summed E-state index contributed by atoms with van der Waals surface area (Å²) in [6.07, 6.45) is 0.358. The van der Waals surface area contributed by atoms with Gasteiger partial charge in [-0.15, -0.1) is 0 Å². The molecule has 7 heteroatoms. The fourth-order valence-corrected chi connectivity index (χ4v) is 2.22. The topological polar surface area (TPSA) is 98.7 Å². The van der Waals surface area contributed by atoms with E-state index >= 15 is 0 Å². The molecular weight excluding hydrogens is 310 g/mol. The Morgan fingerprint density at radius 1 is 1.04 bits per heavy atom. The van der Waals surface area contributed by atoms with Gasteiger partial charge in [-0.25, -0.2) is 5.48 Å². The Labute approximate surface area is 142 Å². The van der Waals surface area contributed by atoms with E-state index in [1.165, 1.54) is 11.8 Å². The zero-order chi connectivity index (χ0) is 18.3. The molecule has 1 rings (SSSR count). The monoisotopic (exact) mass is 335 g/mol. The van der Waals surface area contributed by atoms with E-state index in [9.17, 15) is 14.4 Å². The Kier molecular flexibility index (Phi) is 7.38. The first-order valence-corrected chi connectivity index (χ1v) is 7.77. The maximum absolute atomic E-state index is 12.4. The first-order chi connectivity index (χ1) is 11.3. The highest BCUT2D eigenvalue weighted by molar-refractivity contribution is 5.91. The zero-order valence-electron chi connectivity index (χ0n) is 14.4. The van der Waals surface area contributed by atoms with E-state index in [2.05, 4.69) is 5.32 Å². The molecule has 0 aliphatic heterocycles. The number of hydroxylamine groups is 1. The Morgan fingerprint density at radius 3 is 2.08 bits per heavy atom. The number of benzene rings is 1. The van der Waals surface area contributed by atoms with E-state index in [4.69, 9.17) is 5.21 Å². The number of hydrogen-bond acceptors (Lipinski definition) is 4. The summed E-state index contributed by atoms with van der Waals surface area (Å²) in [6.45, 7) is 3.12. The van der Waals surface area contributed by atoms with Crippen LogP contribution in [0, 0.1) is 11.8 Å². The lowest BCUT2D eigenvalue weighted by atomic mass is 9.93. The molecule has 0 saturated carbocycles. The predicted octanol–water partition coefficient (Wildman–Crippen LogP) is 0.580. The van der Waals surface area contributed by atoms with Crippen LogP contribution in [0.25, 0.3) is 0 Å². The predicted molar refractivity (Wildman–Crippen MR) is 89.0 cm³/mol. The van der Waals surface area contributed by atoms with Gasteiger partial charge in [-0.2, -0.15) is 0 Å². The molecule has 3 N–H and O–H groups in total. The van der Waals surface area contributed by atoms with Gasteiger partial charge in [0.15, 0.2) is 0 Å². The highest BCUT2D eigenvalue weighted by atomic mass is 16.5. The van der Waals surface area contributed by atoms with Crippen molar-refractivity contribution in [1.29, 1.82) is 0 Å². The number of likely N-dealkylation sites (N-methyl/N-ethyl adjacent to an activating group) is 1. The molecule has 1 aromatic carbocycles. The molecule has 0 aliphatic rings. The summed E-state index contributed by atoms with van der Waals surface area (Å²) in [7, 11) is 3.25. The van der Waals surface area contributed by atoms with Crippen LogP contribution in [0.1, 0.15) is 19.4 Å². The Hall–Kier alpha value is -2.41. The van der Waals surface area contributed by atoms with Crippen LogP contribution in [0.4, 0.5) is 0 Å². The highest BCUT2D eigenvalue weighted by Crippen LogP contribution is 2.13. The maximum Gasteiger partial charge on any atom is 0.246 e. The molecule has 0 radical (unpaired) electrons. The average molecular weight is 335 g/mol. The third kappa shape index (κ3) is 5.34.